The molecule has 0 radical (unpaired) electrons. The van der Waals surface area contributed by atoms with E-state index in [0.29, 0.717) is 19.0 Å². The van der Waals surface area contributed by atoms with Crippen molar-refractivity contribution in [1.29, 1.82) is 0 Å². The summed E-state index contributed by atoms with van der Waals surface area (Å²) < 4.78 is 28.3. The quantitative estimate of drug-likeness (QED) is 0.914. The molecule has 1 aliphatic heterocycles. The van der Waals surface area contributed by atoms with Gasteiger partial charge in [0.15, 0.2) is 5.03 Å². The van der Waals surface area contributed by atoms with Crippen LogP contribution in [0.1, 0.15) is 24.5 Å². The van der Waals surface area contributed by atoms with Gasteiger partial charge in [-0.15, -0.1) is 0 Å². The summed E-state index contributed by atoms with van der Waals surface area (Å²) in [7, 11) is 0.113. The van der Waals surface area contributed by atoms with Crippen LogP contribution >= 0.6 is 0 Å². The van der Waals surface area contributed by atoms with Crippen LogP contribution in [0.2, 0.25) is 0 Å². The molecule has 0 bridgehead atoms. The first kappa shape index (κ1) is 15.9. The smallest absolute Gasteiger partial charge is 0.262 e. The number of rotatable bonds is 4. The predicted octanol–water partition coefficient (Wildman–Crippen LogP) is 1.43. The number of imidazole rings is 1. The molecule has 2 aromatic heterocycles. The molecule has 1 fully saturated rings. The van der Waals surface area contributed by atoms with E-state index < -0.39 is 10.0 Å². The van der Waals surface area contributed by atoms with Gasteiger partial charge in [-0.2, -0.15) is 4.31 Å². The Labute approximate surface area is 136 Å². The number of sulfonamides is 1. The summed E-state index contributed by atoms with van der Waals surface area (Å²) in [6, 6.07) is 5.91. The van der Waals surface area contributed by atoms with E-state index in [4.69, 9.17) is 0 Å². The minimum Gasteiger partial charge on any atom is -0.373 e. The van der Waals surface area contributed by atoms with E-state index in [1.807, 2.05) is 25.2 Å². The molecule has 1 N–H and O–H groups in total. The maximum absolute atomic E-state index is 12.6. The van der Waals surface area contributed by atoms with Crippen molar-refractivity contribution in [2.24, 2.45) is 7.05 Å². The third-order valence-electron chi connectivity index (χ3n) is 4.18. The number of piperidine rings is 1. The van der Waals surface area contributed by atoms with Crippen LogP contribution in [-0.4, -0.2) is 47.4 Å². The van der Waals surface area contributed by atoms with Crippen LogP contribution in [-0.2, 0) is 17.1 Å². The number of nitrogens with one attached hydrogen (secondary N) is 1. The monoisotopic (exact) mass is 335 g/mol. The van der Waals surface area contributed by atoms with E-state index in [1.165, 1.54) is 10.6 Å². The molecule has 0 atom stereocenters. The highest BCUT2D eigenvalue weighted by Crippen LogP contribution is 2.29. The lowest BCUT2D eigenvalue weighted by Gasteiger charge is -2.30. The van der Waals surface area contributed by atoms with E-state index >= 15 is 0 Å². The first-order valence-corrected chi connectivity index (χ1v) is 9.07. The van der Waals surface area contributed by atoms with Crippen LogP contribution in [0.5, 0.6) is 0 Å². The Hall–Kier alpha value is -1.93. The maximum Gasteiger partial charge on any atom is 0.262 e. The molecule has 0 spiro atoms. The highest BCUT2D eigenvalue weighted by atomic mass is 32.2. The second-order valence-corrected chi connectivity index (χ2v) is 7.64. The van der Waals surface area contributed by atoms with Crippen molar-refractivity contribution < 1.29 is 8.42 Å². The van der Waals surface area contributed by atoms with Gasteiger partial charge in [-0.25, -0.2) is 18.4 Å². The molecule has 23 heavy (non-hydrogen) atoms. The van der Waals surface area contributed by atoms with Gasteiger partial charge in [-0.3, -0.25) is 0 Å². The van der Waals surface area contributed by atoms with E-state index in [1.54, 1.807) is 17.8 Å². The number of nitrogens with zero attached hydrogens (tertiary/aromatic N) is 4. The van der Waals surface area contributed by atoms with Crippen LogP contribution in [0.4, 0.5) is 5.82 Å². The molecular weight excluding hydrogens is 314 g/mol. The molecule has 3 rings (SSSR count). The molecule has 0 unspecified atom stereocenters. The lowest BCUT2D eigenvalue weighted by Crippen LogP contribution is -2.38. The van der Waals surface area contributed by atoms with Gasteiger partial charge in [-0.1, -0.05) is 6.07 Å². The van der Waals surface area contributed by atoms with Crippen molar-refractivity contribution in [3.05, 3.63) is 36.4 Å². The summed E-state index contributed by atoms with van der Waals surface area (Å²) in [5.74, 6) is 1.13. The lowest BCUT2D eigenvalue weighted by molar-refractivity contribution is 0.316. The Morgan fingerprint density at radius 2 is 2.00 bits per heavy atom. The molecule has 0 amide bonds. The SMILES string of the molecule is CNc1cccc(C2CCN(S(=O)(=O)c3cn(C)cn3)CC2)n1. The summed E-state index contributed by atoms with van der Waals surface area (Å²) >= 11 is 0. The summed E-state index contributed by atoms with van der Waals surface area (Å²) in [5.41, 5.74) is 1.02. The zero-order chi connectivity index (χ0) is 16.4. The largest absolute Gasteiger partial charge is 0.373 e. The average molecular weight is 335 g/mol. The first-order valence-electron chi connectivity index (χ1n) is 7.63. The van der Waals surface area contributed by atoms with Crippen molar-refractivity contribution in [3.8, 4) is 0 Å². The van der Waals surface area contributed by atoms with E-state index in [2.05, 4.69) is 15.3 Å². The molecule has 0 aliphatic carbocycles. The van der Waals surface area contributed by atoms with Crippen LogP contribution in [0.15, 0.2) is 35.7 Å². The average Bonchev–Trinajstić information content (AvgIpc) is 3.02. The zero-order valence-corrected chi connectivity index (χ0v) is 14.1. The van der Waals surface area contributed by atoms with Crippen molar-refractivity contribution in [2.45, 2.75) is 23.8 Å². The predicted molar refractivity (Wildman–Crippen MR) is 87.7 cm³/mol. The van der Waals surface area contributed by atoms with Crippen LogP contribution < -0.4 is 5.32 Å². The van der Waals surface area contributed by atoms with Gasteiger partial charge in [0.1, 0.15) is 5.82 Å². The van der Waals surface area contributed by atoms with Gasteiger partial charge in [0.25, 0.3) is 10.0 Å². The standard InChI is InChI=1S/C15H21N5O2S/c1-16-14-5-3-4-13(18-14)12-6-8-20(9-7-12)23(21,22)15-10-19(2)11-17-15/h3-5,10-12H,6-9H2,1-2H3,(H,16,18). The third kappa shape index (κ3) is 3.23. The second-order valence-electron chi connectivity index (χ2n) is 5.75. The minimum absolute atomic E-state index is 0.119. The fourth-order valence-corrected chi connectivity index (χ4v) is 4.30. The Balaban J connectivity index is 1.70. The number of aryl methyl sites for hydroxylation is 1. The van der Waals surface area contributed by atoms with Gasteiger partial charge in [-0.05, 0) is 25.0 Å². The van der Waals surface area contributed by atoms with Gasteiger partial charge in [0, 0.05) is 45.0 Å². The highest BCUT2D eigenvalue weighted by molar-refractivity contribution is 7.89. The maximum atomic E-state index is 12.6. The van der Waals surface area contributed by atoms with E-state index in [0.717, 1.165) is 24.4 Å². The molecule has 3 heterocycles. The third-order valence-corrected chi connectivity index (χ3v) is 5.97. The second kappa shape index (κ2) is 6.29. The van der Waals surface area contributed by atoms with E-state index in [-0.39, 0.29) is 5.03 Å². The zero-order valence-electron chi connectivity index (χ0n) is 13.3. The van der Waals surface area contributed by atoms with Crippen molar-refractivity contribution in [3.63, 3.8) is 0 Å². The Morgan fingerprint density at radius 1 is 1.26 bits per heavy atom. The van der Waals surface area contributed by atoms with Crippen LogP contribution in [0, 0.1) is 0 Å². The topological polar surface area (TPSA) is 80.1 Å². The molecule has 7 nitrogen and oxygen atoms in total. The van der Waals surface area contributed by atoms with Crippen molar-refractivity contribution in [1.82, 2.24) is 18.8 Å². The molecule has 0 saturated carbocycles. The van der Waals surface area contributed by atoms with Gasteiger partial charge in [0.05, 0.1) is 6.33 Å². The van der Waals surface area contributed by atoms with Crippen LogP contribution in [0.25, 0.3) is 0 Å². The molecule has 0 aromatic carbocycles. The molecule has 1 saturated heterocycles. The molecule has 1 aliphatic rings. The highest BCUT2D eigenvalue weighted by Gasteiger charge is 2.31. The number of hydrogen-bond acceptors (Lipinski definition) is 5. The molecule has 2 aromatic rings. The fourth-order valence-electron chi connectivity index (χ4n) is 2.86. The van der Waals surface area contributed by atoms with Gasteiger partial charge < -0.3 is 9.88 Å². The number of aromatic nitrogens is 3. The lowest BCUT2D eigenvalue weighted by atomic mass is 9.94. The fraction of sp³-hybridized carbons (Fsp3) is 0.467. The summed E-state index contributed by atoms with van der Waals surface area (Å²) in [6.07, 6.45) is 4.59. The van der Waals surface area contributed by atoms with Gasteiger partial charge >= 0.3 is 0 Å². The first-order chi connectivity index (χ1) is 11.0. The number of pyridine rings is 1. The Morgan fingerprint density at radius 3 is 2.61 bits per heavy atom. The Bertz CT molecular complexity index is 779. The molecule has 124 valence electrons. The van der Waals surface area contributed by atoms with Crippen LogP contribution in [0.3, 0.4) is 0 Å². The minimum atomic E-state index is -3.49. The number of hydrogen-bond donors (Lipinski definition) is 1. The summed E-state index contributed by atoms with van der Waals surface area (Å²) in [6.45, 7) is 0.990. The van der Waals surface area contributed by atoms with Crippen molar-refractivity contribution >= 4 is 15.8 Å². The number of anilines is 1. The summed E-state index contributed by atoms with van der Waals surface area (Å²) in [4.78, 5) is 8.54. The summed E-state index contributed by atoms with van der Waals surface area (Å²) in [5, 5.41) is 3.15. The molecule has 8 heteroatoms. The Kier molecular flexibility index (Phi) is 4.36. The van der Waals surface area contributed by atoms with E-state index in [9.17, 15) is 8.42 Å². The normalized spacial score (nSPS) is 17.3. The van der Waals surface area contributed by atoms with Crippen molar-refractivity contribution in [2.75, 3.05) is 25.5 Å². The van der Waals surface area contributed by atoms with Gasteiger partial charge in [0.2, 0.25) is 0 Å². The molecular formula is C15H21N5O2S.